The van der Waals surface area contributed by atoms with Crippen LogP contribution in [0, 0.1) is 0 Å². The van der Waals surface area contributed by atoms with E-state index >= 15 is 0 Å². The maximum atomic E-state index is 9.45. The monoisotopic (exact) mass is 207 g/mol. The highest BCUT2D eigenvalue weighted by atomic mass is 16.3. The lowest BCUT2D eigenvalue weighted by Crippen LogP contribution is -2.46. The summed E-state index contributed by atoms with van der Waals surface area (Å²) in [5, 5.41) is 12.8. The molecule has 2 heterocycles. The van der Waals surface area contributed by atoms with Gasteiger partial charge in [0.2, 0.25) is 0 Å². The first kappa shape index (κ1) is 10.5. The number of aliphatic hydroxyl groups is 1. The van der Waals surface area contributed by atoms with Crippen molar-refractivity contribution in [2.45, 2.75) is 6.04 Å². The first-order chi connectivity index (χ1) is 7.42. The number of pyridine rings is 1. The van der Waals surface area contributed by atoms with Gasteiger partial charge in [-0.1, -0.05) is 0 Å². The van der Waals surface area contributed by atoms with Crippen LogP contribution in [0.3, 0.4) is 0 Å². The Bertz CT molecular complexity index is 285. The maximum absolute atomic E-state index is 9.45. The van der Waals surface area contributed by atoms with E-state index in [1.807, 2.05) is 12.1 Å². The Hall–Kier alpha value is -0.970. The predicted octanol–water partition coefficient (Wildman–Crippen LogP) is 0.0202. The van der Waals surface area contributed by atoms with Crippen LogP contribution in [0.1, 0.15) is 11.6 Å². The molecule has 1 aliphatic heterocycles. The average molecular weight is 207 g/mol. The summed E-state index contributed by atoms with van der Waals surface area (Å²) < 4.78 is 0. The molecule has 82 valence electrons. The molecule has 4 heteroatoms. The van der Waals surface area contributed by atoms with E-state index in [0.717, 1.165) is 31.7 Å². The number of hydrogen-bond donors (Lipinski definition) is 2. The third-order valence-corrected chi connectivity index (χ3v) is 2.86. The van der Waals surface area contributed by atoms with Crippen molar-refractivity contribution in [3.05, 3.63) is 30.1 Å². The molecule has 1 aliphatic rings. The summed E-state index contributed by atoms with van der Waals surface area (Å²) in [6.07, 6.45) is 3.56. The molecule has 0 aromatic carbocycles. The van der Waals surface area contributed by atoms with E-state index in [0.29, 0.717) is 0 Å². The van der Waals surface area contributed by atoms with E-state index in [1.54, 1.807) is 12.4 Å². The highest BCUT2D eigenvalue weighted by molar-refractivity contribution is 5.15. The van der Waals surface area contributed by atoms with Gasteiger partial charge in [0.15, 0.2) is 0 Å². The van der Waals surface area contributed by atoms with Gasteiger partial charge in [-0.25, -0.2) is 0 Å². The minimum absolute atomic E-state index is 0.120. The van der Waals surface area contributed by atoms with Crippen molar-refractivity contribution in [2.24, 2.45) is 0 Å². The molecule has 0 saturated carbocycles. The van der Waals surface area contributed by atoms with Gasteiger partial charge in [0.05, 0.1) is 12.6 Å². The molecular formula is C11H17N3O. The zero-order chi connectivity index (χ0) is 10.5. The van der Waals surface area contributed by atoms with Gasteiger partial charge in [-0.05, 0) is 17.7 Å². The quantitative estimate of drug-likeness (QED) is 0.733. The molecule has 1 aromatic heterocycles. The molecule has 0 amide bonds. The fourth-order valence-electron chi connectivity index (χ4n) is 2.01. The van der Waals surface area contributed by atoms with Crippen molar-refractivity contribution in [1.29, 1.82) is 0 Å². The first-order valence-electron chi connectivity index (χ1n) is 5.37. The van der Waals surface area contributed by atoms with Gasteiger partial charge < -0.3 is 10.4 Å². The van der Waals surface area contributed by atoms with Gasteiger partial charge in [0.1, 0.15) is 0 Å². The Morgan fingerprint density at radius 2 is 2.00 bits per heavy atom. The molecule has 4 nitrogen and oxygen atoms in total. The minimum Gasteiger partial charge on any atom is -0.394 e. The molecule has 0 aliphatic carbocycles. The van der Waals surface area contributed by atoms with Crippen LogP contribution in [0.4, 0.5) is 0 Å². The summed E-state index contributed by atoms with van der Waals surface area (Å²) in [6, 6.07) is 4.07. The Morgan fingerprint density at radius 1 is 1.33 bits per heavy atom. The Kier molecular flexibility index (Phi) is 3.66. The molecule has 2 rings (SSSR count). The van der Waals surface area contributed by atoms with Crippen molar-refractivity contribution in [3.63, 3.8) is 0 Å². The number of hydrogen-bond acceptors (Lipinski definition) is 4. The number of piperazine rings is 1. The van der Waals surface area contributed by atoms with E-state index in [9.17, 15) is 5.11 Å². The van der Waals surface area contributed by atoms with E-state index < -0.39 is 0 Å². The standard InChI is InChI=1S/C11H17N3O/c15-9-11(10-1-3-12-4-2-10)14-7-5-13-6-8-14/h1-4,11,13,15H,5-9H2. The van der Waals surface area contributed by atoms with Crippen LogP contribution in [-0.2, 0) is 0 Å². The highest BCUT2D eigenvalue weighted by Gasteiger charge is 2.20. The third-order valence-electron chi connectivity index (χ3n) is 2.86. The van der Waals surface area contributed by atoms with E-state index in [-0.39, 0.29) is 12.6 Å². The lowest BCUT2D eigenvalue weighted by atomic mass is 10.1. The maximum Gasteiger partial charge on any atom is 0.0628 e. The van der Waals surface area contributed by atoms with Gasteiger partial charge in [-0.2, -0.15) is 0 Å². The molecule has 0 bridgehead atoms. The van der Waals surface area contributed by atoms with Gasteiger partial charge in [0.25, 0.3) is 0 Å². The molecule has 0 radical (unpaired) electrons. The van der Waals surface area contributed by atoms with Crippen molar-refractivity contribution >= 4 is 0 Å². The highest BCUT2D eigenvalue weighted by Crippen LogP contribution is 2.19. The van der Waals surface area contributed by atoms with E-state index in [2.05, 4.69) is 15.2 Å². The van der Waals surface area contributed by atoms with Crippen molar-refractivity contribution < 1.29 is 5.11 Å². The molecule has 1 aromatic rings. The number of aliphatic hydroxyl groups excluding tert-OH is 1. The Labute approximate surface area is 89.9 Å². The summed E-state index contributed by atoms with van der Waals surface area (Å²) in [7, 11) is 0. The van der Waals surface area contributed by atoms with Gasteiger partial charge in [-0.15, -0.1) is 0 Å². The normalized spacial score (nSPS) is 20.1. The largest absolute Gasteiger partial charge is 0.394 e. The van der Waals surface area contributed by atoms with E-state index in [1.165, 1.54) is 0 Å². The zero-order valence-electron chi connectivity index (χ0n) is 8.76. The summed E-state index contributed by atoms with van der Waals surface area (Å²) in [5.41, 5.74) is 1.15. The smallest absolute Gasteiger partial charge is 0.0628 e. The summed E-state index contributed by atoms with van der Waals surface area (Å²) in [5.74, 6) is 0. The molecule has 1 atom stereocenters. The topological polar surface area (TPSA) is 48.4 Å². The second-order valence-electron chi connectivity index (χ2n) is 3.76. The second-order valence-corrected chi connectivity index (χ2v) is 3.76. The molecular weight excluding hydrogens is 190 g/mol. The van der Waals surface area contributed by atoms with Crippen LogP contribution in [0.5, 0.6) is 0 Å². The van der Waals surface area contributed by atoms with Crippen LogP contribution >= 0.6 is 0 Å². The molecule has 1 fully saturated rings. The van der Waals surface area contributed by atoms with Gasteiger partial charge in [-0.3, -0.25) is 9.88 Å². The number of rotatable bonds is 3. The molecule has 2 N–H and O–H groups in total. The fourth-order valence-corrected chi connectivity index (χ4v) is 2.01. The number of aromatic nitrogens is 1. The van der Waals surface area contributed by atoms with Crippen LogP contribution < -0.4 is 5.32 Å². The van der Waals surface area contributed by atoms with Crippen molar-refractivity contribution in [1.82, 2.24) is 15.2 Å². The van der Waals surface area contributed by atoms with Gasteiger partial charge in [0, 0.05) is 38.6 Å². The SMILES string of the molecule is OCC(c1ccncc1)N1CCNCC1. The molecule has 1 unspecified atom stereocenters. The van der Waals surface area contributed by atoms with Crippen LogP contribution in [0.2, 0.25) is 0 Å². The predicted molar refractivity (Wildman–Crippen MR) is 58.5 cm³/mol. The van der Waals surface area contributed by atoms with Crippen molar-refractivity contribution in [2.75, 3.05) is 32.8 Å². The molecule has 1 saturated heterocycles. The summed E-state index contributed by atoms with van der Waals surface area (Å²) in [4.78, 5) is 6.31. The van der Waals surface area contributed by atoms with Crippen LogP contribution in [0.15, 0.2) is 24.5 Å². The lowest BCUT2D eigenvalue weighted by Gasteiger charge is -2.34. The summed E-state index contributed by atoms with van der Waals surface area (Å²) >= 11 is 0. The molecule has 15 heavy (non-hydrogen) atoms. The first-order valence-corrected chi connectivity index (χ1v) is 5.37. The van der Waals surface area contributed by atoms with Crippen LogP contribution in [-0.4, -0.2) is 47.8 Å². The minimum atomic E-state index is 0.120. The number of nitrogens with zero attached hydrogens (tertiary/aromatic N) is 2. The summed E-state index contributed by atoms with van der Waals surface area (Å²) in [6.45, 7) is 4.16. The Morgan fingerprint density at radius 3 is 2.60 bits per heavy atom. The third kappa shape index (κ3) is 2.53. The zero-order valence-corrected chi connectivity index (χ0v) is 8.76. The van der Waals surface area contributed by atoms with E-state index in [4.69, 9.17) is 0 Å². The van der Waals surface area contributed by atoms with Gasteiger partial charge >= 0.3 is 0 Å². The second kappa shape index (κ2) is 5.21. The van der Waals surface area contributed by atoms with Crippen LogP contribution in [0.25, 0.3) is 0 Å². The Balaban J connectivity index is 2.09. The fraction of sp³-hybridized carbons (Fsp3) is 0.545. The molecule has 0 spiro atoms. The lowest BCUT2D eigenvalue weighted by molar-refractivity contribution is 0.111. The number of nitrogens with one attached hydrogen (secondary N) is 1. The average Bonchev–Trinajstić information content (AvgIpc) is 2.33. The van der Waals surface area contributed by atoms with Crippen molar-refractivity contribution in [3.8, 4) is 0 Å².